The highest BCUT2D eigenvalue weighted by Crippen LogP contribution is 2.24. The maximum absolute atomic E-state index is 12.9. The molecule has 12 heavy (non-hydrogen) atoms. The molecule has 0 heterocycles. The molecule has 1 nitrogen and oxygen atoms in total. The summed E-state index contributed by atoms with van der Waals surface area (Å²) in [6.07, 6.45) is 0. The number of hydrogen-bond donors (Lipinski definition) is 1. The van der Waals surface area contributed by atoms with Crippen LogP contribution in [0.3, 0.4) is 0 Å². The fourth-order valence-corrected chi connectivity index (χ4v) is 1.45. The molecular weight excluding hydrogens is 228 g/mol. The number of nitrogens with two attached hydrogens (primary N) is 1. The first-order valence-electron chi connectivity index (χ1n) is 3.42. The number of benzene rings is 1. The normalized spacial score (nSPS) is 13.0. The summed E-state index contributed by atoms with van der Waals surface area (Å²) in [6, 6.07) is 3.64. The second kappa shape index (κ2) is 3.96. The van der Waals surface area contributed by atoms with Crippen LogP contribution in [0.15, 0.2) is 22.7 Å². The van der Waals surface area contributed by atoms with Gasteiger partial charge < -0.3 is 5.73 Å². The van der Waals surface area contributed by atoms with Crippen LogP contribution >= 0.6 is 15.9 Å². The molecule has 1 aromatic rings. The highest BCUT2D eigenvalue weighted by atomic mass is 79.9. The van der Waals surface area contributed by atoms with Gasteiger partial charge in [0.15, 0.2) is 0 Å². The summed E-state index contributed by atoms with van der Waals surface area (Å²) in [5, 5.41) is 0. The summed E-state index contributed by atoms with van der Waals surface area (Å²) in [5.41, 5.74) is 5.85. The summed E-state index contributed by atoms with van der Waals surface area (Å²) in [5.74, 6) is -0.420. The maximum Gasteiger partial charge on any atom is 0.137 e. The quantitative estimate of drug-likeness (QED) is 0.838. The minimum absolute atomic E-state index is 0.246. The van der Waals surface area contributed by atoms with E-state index in [4.69, 9.17) is 5.73 Å². The molecule has 66 valence electrons. The van der Waals surface area contributed by atoms with Crippen LogP contribution in [-0.4, -0.2) is 6.67 Å². The van der Waals surface area contributed by atoms with E-state index in [-0.39, 0.29) is 4.47 Å². The van der Waals surface area contributed by atoms with Crippen molar-refractivity contribution >= 4 is 15.9 Å². The van der Waals surface area contributed by atoms with Gasteiger partial charge >= 0.3 is 0 Å². The minimum Gasteiger partial charge on any atom is -0.322 e. The molecular formula is C8H8BrF2N. The summed E-state index contributed by atoms with van der Waals surface area (Å²) in [4.78, 5) is 0. The first-order valence-corrected chi connectivity index (χ1v) is 4.21. The Morgan fingerprint density at radius 2 is 2.17 bits per heavy atom. The Balaban J connectivity index is 3.07. The second-order valence-corrected chi connectivity index (χ2v) is 3.20. The topological polar surface area (TPSA) is 26.0 Å². The van der Waals surface area contributed by atoms with Crippen LogP contribution in [0.4, 0.5) is 8.78 Å². The third kappa shape index (κ3) is 1.81. The average Bonchev–Trinajstić information content (AvgIpc) is 2.08. The lowest BCUT2D eigenvalue weighted by Crippen LogP contribution is -2.13. The van der Waals surface area contributed by atoms with E-state index in [2.05, 4.69) is 15.9 Å². The van der Waals surface area contributed by atoms with Crippen molar-refractivity contribution in [1.29, 1.82) is 0 Å². The minimum atomic E-state index is -0.755. The largest absolute Gasteiger partial charge is 0.322 e. The molecule has 0 amide bonds. The van der Waals surface area contributed by atoms with Crippen LogP contribution in [0.5, 0.6) is 0 Å². The molecule has 0 aliphatic heterocycles. The van der Waals surface area contributed by atoms with Gasteiger partial charge in [-0.1, -0.05) is 12.1 Å². The molecule has 4 heteroatoms. The van der Waals surface area contributed by atoms with Crippen molar-refractivity contribution in [3.05, 3.63) is 34.1 Å². The van der Waals surface area contributed by atoms with Gasteiger partial charge in [0.2, 0.25) is 0 Å². The van der Waals surface area contributed by atoms with Gasteiger partial charge in [-0.3, -0.25) is 0 Å². The molecule has 0 saturated heterocycles. The molecule has 0 radical (unpaired) electrons. The first-order chi connectivity index (χ1) is 5.66. The summed E-state index contributed by atoms with van der Waals surface area (Å²) >= 11 is 3.00. The lowest BCUT2D eigenvalue weighted by Gasteiger charge is -2.09. The highest BCUT2D eigenvalue weighted by molar-refractivity contribution is 9.10. The molecule has 1 atom stereocenters. The van der Waals surface area contributed by atoms with Crippen molar-refractivity contribution < 1.29 is 8.78 Å². The highest BCUT2D eigenvalue weighted by Gasteiger charge is 2.11. The molecule has 0 aliphatic rings. The molecule has 0 spiro atoms. The van der Waals surface area contributed by atoms with E-state index in [0.717, 1.165) is 0 Å². The average molecular weight is 236 g/mol. The zero-order valence-corrected chi connectivity index (χ0v) is 7.81. The second-order valence-electron chi connectivity index (χ2n) is 2.40. The van der Waals surface area contributed by atoms with E-state index >= 15 is 0 Å². The Kier molecular flexibility index (Phi) is 3.17. The Morgan fingerprint density at radius 1 is 1.50 bits per heavy atom. The van der Waals surface area contributed by atoms with E-state index in [9.17, 15) is 8.78 Å². The Bertz CT molecular complexity index is 278. The summed E-state index contributed by atoms with van der Waals surface area (Å²) in [6.45, 7) is -0.692. The fraction of sp³-hybridized carbons (Fsp3) is 0.250. The summed E-state index contributed by atoms with van der Waals surface area (Å²) in [7, 11) is 0. The third-order valence-electron chi connectivity index (χ3n) is 1.55. The van der Waals surface area contributed by atoms with Crippen LogP contribution in [0.25, 0.3) is 0 Å². The van der Waals surface area contributed by atoms with Crippen molar-refractivity contribution in [2.45, 2.75) is 6.04 Å². The molecule has 0 bridgehead atoms. The van der Waals surface area contributed by atoms with Crippen LogP contribution in [0.1, 0.15) is 11.6 Å². The Hall–Kier alpha value is -0.480. The van der Waals surface area contributed by atoms with Gasteiger partial charge in [-0.25, -0.2) is 8.78 Å². The molecule has 0 fully saturated rings. The predicted octanol–water partition coefficient (Wildman–Crippen LogP) is 2.56. The van der Waals surface area contributed by atoms with Gasteiger partial charge in [0.05, 0.1) is 10.5 Å². The molecule has 1 rings (SSSR count). The van der Waals surface area contributed by atoms with Gasteiger partial charge in [-0.05, 0) is 27.6 Å². The number of rotatable bonds is 2. The first kappa shape index (κ1) is 9.61. The van der Waals surface area contributed by atoms with E-state index < -0.39 is 18.5 Å². The molecule has 0 aromatic heterocycles. The molecule has 1 aromatic carbocycles. The summed E-state index contributed by atoms with van der Waals surface area (Å²) < 4.78 is 25.2. The monoisotopic (exact) mass is 235 g/mol. The zero-order chi connectivity index (χ0) is 9.14. The van der Waals surface area contributed by atoms with Crippen molar-refractivity contribution in [3.63, 3.8) is 0 Å². The van der Waals surface area contributed by atoms with Crippen LogP contribution in [-0.2, 0) is 0 Å². The van der Waals surface area contributed by atoms with E-state index in [1.54, 1.807) is 6.07 Å². The Morgan fingerprint density at radius 3 is 2.75 bits per heavy atom. The van der Waals surface area contributed by atoms with Gasteiger partial charge in [-0.2, -0.15) is 0 Å². The van der Waals surface area contributed by atoms with Gasteiger partial charge in [0.25, 0.3) is 0 Å². The third-order valence-corrected chi connectivity index (χ3v) is 2.38. The zero-order valence-electron chi connectivity index (χ0n) is 6.23. The predicted molar refractivity (Wildman–Crippen MR) is 47.0 cm³/mol. The van der Waals surface area contributed by atoms with Crippen molar-refractivity contribution in [2.24, 2.45) is 5.73 Å². The molecule has 0 aliphatic carbocycles. The maximum atomic E-state index is 12.9. The van der Waals surface area contributed by atoms with Gasteiger partial charge in [-0.15, -0.1) is 0 Å². The number of halogens is 3. The van der Waals surface area contributed by atoms with E-state index in [1.165, 1.54) is 12.1 Å². The van der Waals surface area contributed by atoms with Crippen LogP contribution in [0.2, 0.25) is 0 Å². The van der Waals surface area contributed by atoms with E-state index in [1.807, 2.05) is 0 Å². The lowest BCUT2D eigenvalue weighted by atomic mass is 10.1. The number of alkyl halides is 1. The number of hydrogen-bond acceptors (Lipinski definition) is 1. The van der Waals surface area contributed by atoms with Crippen molar-refractivity contribution in [1.82, 2.24) is 0 Å². The smallest absolute Gasteiger partial charge is 0.137 e. The van der Waals surface area contributed by atoms with Crippen LogP contribution < -0.4 is 5.73 Å². The SMILES string of the molecule is NC(CF)c1cccc(F)c1Br. The van der Waals surface area contributed by atoms with Crippen molar-refractivity contribution in [3.8, 4) is 0 Å². The lowest BCUT2D eigenvalue weighted by molar-refractivity contribution is 0.435. The van der Waals surface area contributed by atoms with Gasteiger partial charge in [0, 0.05) is 0 Å². The van der Waals surface area contributed by atoms with Gasteiger partial charge in [0.1, 0.15) is 12.5 Å². The molecule has 1 unspecified atom stereocenters. The molecule has 2 N–H and O–H groups in total. The Labute approximate surface area is 77.7 Å². The standard InChI is InChI=1S/C8H8BrF2N/c9-8-5(7(12)4-10)2-1-3-6(8)11/h1-3,7H,4,12H2. The van der Waals surface area contributed by atoms with Crippen LogP contribution in [0, 0.1) is 5.82 Å². The fourth-order valence-electron chi connectivity index (χ4n) is 0.890. The van der Waals surface area contributed by atoms with E-state index in [0.29, 0.717) is 5.56 Å². The van der Waals surface area contributed by atoms with Crippen molar-refractivity contribution in [2.75, 3.05) is 6.67 Å². The molecule has 0 saturated carbocycles.